The Labute approximate surface area is 167 Å². The summed E-state index contributed by atoms with van der Waals surface area (Å²) in [5.41, 5.74) is 1.21. The van der Waals surface area contributed by atoms with Crippen LogP contribution in [0.25, 0.3) is 20.7 Å². The molecule has 5 rings (SSSR count). The Morgan fingerprint density at radius 1 is 1.07 bits per heavy atom. The molecule has 0 fully saturated rings. The van der Waals surface area contributed by atoms with Crippen molar-refractivity contribution in [3.63, 3.8) is 0 Å². The van der Waals surface area contributed by atoms with Crippen LogP contribution in [0.3, 0.4) is 0 Å². The zero-order valence-electron chi connectivity index (χ0n) is 16.2. The number of thiophene rings is 1. The predicted octanol–water partition coefficient (Wildman–Crippen LogP) is 4.65. The largest absolute Gasteiger partial charge is 0.344 e. The highest BCUT2D eigenvalue weighted by Gasteiger charge is 2.31. The Bertz CT molecular complexity index is 1130. The summed E-state index contributed by atoms with van der Waals surface area (Å²) in [5, 5.41) is 10.0. The van der Waals surface area contributed by atoms with Gasteiger partial charge in [-0.2, -0.15) is 0 Å². The van der Waals surface area contributed by atoms with Crippen molar-refractivity contribution in [2.24, 2.45) is 0 Å². The van der Waals surface area contributed by atoms with Crippen molar-refractivity contribution in [3.8, 4) is 10.4 Å². The molecule has 0 radical (unpaired) electrons. The van der Waals surface area contributed by atoms with Gasteiger partial charge in [0.15, 0.2) is 5.82 Å². The van der Waals surface area contributed by atoms with Gasteiger partial charge in [-0.25, -0.2) is 9.97 Å². The van der Waals surface area contributed by atoms with E-state index in [1.165, 1.54) is 10.4 Å². The molecule has 0 N–H and O–H groups in total. The molecule has 1 aliphatic rings. The highest BCUT2D eigenvalue weighted by Crippen LogP contribution is 2.39. The fourth-order valence-corrected chi connectivity index (χ4v) is 4.94. The van der Waals surface area contributed by atoms with Gasteiger partial charge in [0.25, 0.3) is 0 Å². The van der Waals surface area contributed by atoms with E-state index in [9.17, 15) is 0 Å². The molecule has 0 saturated heterocycles. The third-order valence-electron chi connectivity index (χ3n) is 5.37. The van der Waals surface area contributed by atoms with Crippen LogP contribution in [0.15, 0.2) is 42.7 Å². The normalized spacial score (nSPS) is 16.7. The van der Waals surface area contributed by atoms with Crippen LogP contribution >= 0.6 is 11.3 Å². The van der Waals surface area contributed by atoms with E-state index in [2.05, 4.69) is 80.7 Å². The van der Waals surface area contributed by atoms with E-state index >= 15 is 0 Å². The van der Waals surface area contributed by atoms with Gasteiger partial charge in [0.1, 0.15) is 22.8 Å². The van der Waals surface area contributed by atoms with Crippen molar-refractivity contribution in [2.45, 2.75) is 39.3 Å². The third kappa shape index (κ3) is 2.69. The third-order valence-corrected chi connectivity index (χ3v) is 6.46. The molecule has 1 aliphatic heterocycles. The fourth-order valence-electron chi connectivity index (χ4n) is 3.94. The van der Waals surface area contributed by atoms with Crippen LogP contribution in [0, 0.1) is 0 Å². The number of nitrogens with zero attached hydrogens (tertiary/aromatic N) is 6. The van der Waals surface area contributed by atoms with Crippen molar-refractivity contribution in [1.82, 2.24) is 24.7 Å². The maximum Gasteiger partial charge on any atom is 0.155 e. The SMILES string of the molecule is CC(C)c1nnc2n1CCN(c1ncnc3sc(-c4ccccc4)cc13)C2C. The molecule has 142 valence electrons. The Balaban J connectivity index is 1.57. The minimum atomic E-state index is 0.118. The summed E-state index contributed by atoms with van der Waals surface area (Å²) in [6, 6.07) is 12.8. The van der Waals surface area contributed by atoms with Gasteiger partial charge in [0.2, 0.25) is 0 Å². The number of anilines is 1. The molecule has 0 spiro atoms. The Morgan fingerprint density at radius 2 is 1.89 bits per heavy atom. The summed E-state index contributed by atoms with van der Waals surface area (Å²) >= 11 is 1.71. The van der Waals surface area contributed by atoms with E-state index < -0.39 is 0 Å². The number of hydrogen-bond acceptors (Lipinski definition) is 6. The zero-order chi connectivity index (χ0) is 19.3. The maximum absolute atomic E-state index is 4.67. The molecule has 0 bridgehead atoms. The first-order valence-electron chi connectivity index (χ1n) is 9.63. The number of hydrogen-bond donors (Lipinski definition) is 0. The summed E-state index contributed by atoms with van der Waals surface area (Å²) in [7, 11) is 0. The van der Waals surface area contributed by atoms with Crippen molar-refractivity contribution >= 4 is 27.4 Å². The van der Waals surface area contributed by atoms with Crippen LogP contribution < -0.4 is 4.90 Å². The molecule has 0 saturated carbocycles. The number of fused-ring (bicyclic) bond motifs is 2. The number of benzene rings is 1. The first-order chi connectivity index (χ1) is 13.6. The quantitative estimate of drug-likeness (QED) is 0.509. The standard InChI is InChI=1S/C21H22N6S/c1-13(2)18-24-25-19-14(3)26(9-10-27(18)19)20-16-11-17(15-7-5-4-6-8-15)28-21(16)23-12-22-20/h4-8,11-14H,9-10H2,1-3H3. The van der Waals surface area contributed by atoms with Gasteiger partial charge in [-0.1, -0.05) is 44.2 Å². The lowest BCUT2D eigenvalue weighted by Gasteiger charge is -2.35. The zero-order valence-corrected chi connectivity index (χ0v) is 17.0. The molecule has 1 unspecified atom stereocenters. The molecule has 1 aromatic carbocycles. The van der Waals surface area contributed by atoms with E-state index in [0.29, 0.717) is 5.92 Å². The first-order valence-corrected chi connectivity index (χ1v) is 10.4. The van der Waals surface area contributed by atoms with Gasteiger partial charge in [-0.15, -0.1) is 21.5 Å². The molecular weight excluding hydrogens is 368 g/mol. The molecule has 0 aliphatic carbocycles. The molecular formula is C21H22N6S. The van der Waals surface area contributed by atoms with Crippen LogP contribution in [0.5, 0.6) is 0 Å². The molecule has 0 amide bonds. The second-order valence-electron chi connectivity index (χ2n) is 7.48. The van der Waals surface area contributed by atoms with E-state index in [0.717, 1.165) is 40.8 Å². The van der Waals surface area contributed by atoms with Gasteiger partial charge in [0.05, 0.1) is 11.4 Å². The van der Waals surface area contributed by atoms with Gasteiger partial charge < -0.3 is 9.47 Å². The van der Waals surface area contributed by atoms with Gasteiger partial charge in [0, 0.05) is 23.9 Å². The van der Waals surface area contributed by atoms with Gasteiger partial charge >= 0.3 is 0 Å². The Kier molecular flexibility index (Phi) is 4.12. The Morgan fingerprint density at radius 3 is 2.68 bits per heavy atom. The monoisotopic (exact) mass is 390 g/mol. The van der Waals surface area contributed by atoms with E-state index in [1.807, 2.05) is 6.07 Å². The number of aromatic nitrogens is 5. The highest BCUT2D eigenvalue weighted by atomic mass is 32.1. The fraction of sp³-hybridized carbons (Fsp3) is 0.333. The molecule has 7 heteroatoms. The van der Waals surface area contributed by atoms with Crippen LogP contribution in [0.4, 0.5) is 5.82 Å². The first kappa shape index (κ1) is 17.3. The second kappa shape index (κ2) is 6.67. The minimum absolute atomic E-state index is 0.118. The average Bonchev–Trinajstić information content (AvgIpc) is 3.34. The van der Waals surface area contributed by atoms with Crippen LogP contribution in [-0.4, -0.2) is 31.3 Å². The smallest absolute Gasteiger partial charge is 0.155 e. The summed E-state index contributed by atoms with van der Waals surface area (Å²) in [4.78, 5) is 13.8. The van der Waals surface area contributed by atoms with Gasteiger partial charge in [-0.3, -0.25) is 0 Å². The molecule has 3 aromatic heterocycles. The lowest BCUT2D eigenvalue weighted by Crippen LogP contribution is -2.38. The van der Waals surface area contributed by atoms with Crippen molar-refractivity contribution in [2.75, 3.05) is 11.4 Å². The lowest BCUT2D eigenvalue weighted by molar-refractivity contribution is 0.478. The molecule has 4 heterocycles. The topological polar surface area (TPSA) is 59.7 Å². The average molecular weight is 391 g/mol. The summed E-state index contributed by atoms with van der Waals surface area (Å²) < 4.78 is 2.27. The van der Waals surface area contributed by atoms with Crippen LogP contribution in [0.2, 0.25) is 0 Å². The highest BCUT2D eigenvalue weighted by molar-refractivity contribution is 7.21. The molecule has 1 atom stereocenters. The van der Waals surface area contributed by atoms with Crippen molar-refractivity contribution in [1.29, 1.82) is 0 Å². The Hall–Kier alpha value is -2.80. The van der Waals surface area contributed by atoms with Crippen molar-refractivity contribution < 1.29 is 0 Å². The number of rotatable bonds is 3. The molecule has 6 nitrogen and oxygen atoms in total. The lowest BCUT2D eigenvalue weighted by atomic mass is 10.1. The van der Waals surface area contributed by atoms with E-state index in [4.69, 9.17) is 0 Å². The second-order valence-corrected chi connectivity index (χ2v) is 8.52. The van der Waals surface area contributed by atoms with E-state index in [-0.39, 0.29) is 6.04 Å². The minimum Gasteiger partial charge on any atom is -0.344 e. The molecule has 4 aromatic rings. The predicted molar refractivity (Wildman–Crippen MR) is 113 cm³/mol. The van der Waals surface area contributed by atoms with Crippen LogP contribution in [0.1, 0.15) is 44.4 Å². The summed E-state index contributed by atoms with van der Waals surface area (Å²) in [5.74, 6) is 3.43. The van der Waals surface area contributed by atoms with E-state index in [1.54, 1.807) is 17.7 Å². The summed E-state index contributed by atoms with van der Waals surface area (Å²) in [6.45, 7) is 8.27. The molecule has 28 heavy (non-hydrogen) atoms. The maximum atomic E-state index is 4.67. The van der Waals surface area contributed by atoms with Crippen LogP contribution in [-0.2, 0) is 6.54 Å². The van der Waals surface area contributed by atoms with Crippen molar-refractivity contribution in [3.05, 3.63) is 54.4 Å². The summed E-state index contributed by atoms with van der Waals surface area (Å²) in [6.07, 6.45) is 1.68. The van der Waals surface area contributed by atoms with Gasteiger partial charge in [-0.05, 0) is 18.6 Å².